The van der Waals surface area contributed by atoms with Gasteiger partial charge >= 0.3 is 0 Å². The van der Waals surface area contributed by atoms with E-state index in [1.54, 1.807) is 35.7 Å². The molecular weight excluding hydrogens is 410 g/mol. The molecule has 0 spiro atoms. The van der Waals surface area contributed by atoms with Crippen molar-refractivity contribution in [2.45, 2.75) is 25.3 Å². The maximum absolute atomic E-state index is 13.2. The first kappa shape index (κ1) is 19.6. The third kappa shape index (κ3) is 3.65. The summed E-state index contributed by atoms with van der Waals surface area (Å²) in [5.41, 5.74) is 1.99. The van der Waals surface area contributed by atoms with E-state index in [9.17, 15) is 14.4 Å². The standard InChI is InChI=1S/C24H21N3O3S/c28-22(26-11-4-7-18(15-26)21-25-10-12-31-21)17-8-9-19-20(13-17)24(30)27(23(19)29)14-16-5-2-1-3-6-16/h1-3,5-6,8-10,12-13,18H,4,7,11,14-15H2. The van der Waals surface area contributed by atoms with Gasteiger partial charge in [0.15, 0.2) is 0 Å². The summed E-state index contributed by atoms with van der Waals surface area (Å²) in [7, 11) is 0. The Hall–Kier alpha value is -3.32. The normalized spacial score (nSPS) is 18.4. The van der Waals surface area contributed by atoms with Gasteiger partial charge in [-0.25, -0.2) is 4.98 Å². The lowest BCUT2D eigenvalue weighted by atomic mass is 9.97. The van der Waals surface area contributed by atoms with E-state index in [2.05, 4.69) is 4.98 Å². The zero-order chi connectivity index (χ0) is 21.4. The summed E-state index contributed by atoms with van der Waals surface area (Å²) in [5, 5.41) is 3.02. The molecule has 0 saturated carbocycles. The van der Waals surface area contributed by atoms with Gasteiger partial charge in [0.2, 0.25) is 0 Å². The second-order valence-corrected chi connectivity index (χ2v) is 8.83. The van der Waals surface area contributed by atoms with Gasteiger partial charge in [-0.3, -0.25) is 19.3 Å². The van der Waals surface area contributed by atoms with E-state index in [1.807, 2.05) is 40.6 Å². The van der Waals surface area contributed by atoms with Crippen LogP contribution in [0.2, 0.25) is 0 Å². The van der Waals surface area contributed by atoms with Crippen LogP contribution in [0, 0.1) is 0 Å². The third-order valence-corrected chi connectivity index (χ3v) is 6.85. The molecule has 1 atom stereocenters. The molecule has 3 heterocycles. The topological polar surface area (TPSA) is 70.6 Å². The minimum absolute atomic E-state index is 0.106. The van der Waals surface area contributed by atoms with Gasteiger partial charge in [0.05, 0.1) is 22.7 Å². The Morgan fingerprint density at radius 1 is 1.06 bits per heavy atom. The van der Waals surface area contributed by atoms with Crippen LogP contribution in [0.15, 0.2) is 60.1 Å². The van der Waals surface area contributed by atoms with Crippen LogP contribution in [-0.2, 0) is 6.54 Å². The lowest BCUT2D eigenvalue weighted by Crippen LogP contribution is -2.39. The average Bonchev–Trinajstić information content (AvgIpc) is 3.43. The van der Waals surface area contributed by atoms with E-state index in [1.165, 1.54) is 4.90 Å². The predicted octanol–water partition coefficient (Wildman–Crippen LogP) is 3.96. The highest BCUT2D eigenvalue weighted by Gasteiger charge is 2.36. The lowest BCUT2D eigenvalue weighted by Gasteiger charge is -2.32. The van der Waals surface area contributed by atoms with Crippen LogP contribution in [0.4, 0.5) is 0 Å². The molecule has 1 unspecified atom stereocenters. The molecule has 1 aromatic heterocycles. The molecule has 0 N–H and O–H groups in total. The molecule has 2 aromatic carbocycles. The summed E-state index contributed by atoms with van der Waals surface area (Å²) in [6.07, 6.45) is 3.73. The number of fused-ring (bicyclic) bond motifs is 1. The van der Waals surface area contributed by atoms with Crippen molar-refractivity contribution < 1.29 is 14.4 Å². The Balaban J connectivity index is 1.36. The fourth-order valence-corrected chi connectivity index (χ4v) is 5.08. The molecule has 0 aliphatic carbocycles. The van der Waals surface area contributed by atoms with Crippen molar-refractivity contribution in [3.05, 3.63) is 87.4 Å². The maximum Gasteiger partial charge on any atom is 0.261 e. The number of aromatic nitrogens is 1. The second-order valence-electron chi connectivity index (χ2n) is 7.90. The van der Waals surface area contributed by atoms with E-state index in [-0.39, 0.29) is 30.2 Å². The number of nitrogens with zero attached hydrogens (tertiary/aromatic N) is 3. The molecule has 2 aliphatic rings. The minimum Gasteiger partial charge on any atom is -0.338 e. The number of rotatable bonds is 4. The Morgan fingerprint density at radius 2 is 1.87 bits per heavy atom. The molecule has 1 fully saturated rings. The average molecular weight is 432 g/mol. The number of thiazole rings is 1. The van der Waals surface area contributed by atoms with Crippen molar-refractivity contribution in [2.75, 3.05) is 13.1 Å². The zero-order valence-corrected chi connectivity index (χ0v) is 17.7. The lowest BCUT2D eigenvalue weighted by molar-refractivity contribution is 0.0641. The Morgan fingerprint density at radius 3 is 2.65 bits per heavy atom. The summed E-state index contributed by atoms with van der Waals surface area (Å²) in [5.74, 6) is -0.523. The SMILES string of the molecule is O=C(c1ccc2c(c1)C(=O)N(Cc1ccccc1)C2=O)N1CCCC(c2nccs2)C1. The smallest absolute Gasteiger partial charge is 0.261 e. The second kappa shape index (κ2) is 8.07. The summed E-state index contributed by atoms with van der Waals surface area (Å²) < 4.78 is 0. The molecule has 31 heavy (non-hydrogen) atoms. The van der Waals surface area contributed by atoms with Crippen LogP contribution in [0.5, 0.6) is 0 Å². The first-order valence-corrected chi connectivity index (χ1v) is 11.2. The Bertz CT molecular complexity index is 1140. The monoisotopic (exact) mass is 431 g/mol. The van der Waals surface area contributed by atoms with Crippen LogP contribution < -0.4 is 0 Å². The first-order chi connectivity index (χ1) is 15.1. The molecule has 6 nitrogen and oxygen atoms in total. The Labute approximate surface area is 184 Å². The van der Waals surface area contributed by atoms with Crippen molar-refractivity contribution in [3.8, 4) is 0 Å². The van der Waals surface area contributed by atoms with Gasteiger partial charge in [-0.15, -0.1) is 11.3 Å². The number of piperidine rings is 1. The number of amides is 3. The summed E-state index contributed by atoms with van der Waals surface area (Å²) in [6, 6.07) is 14.3. The van der Waals surface area contributed by atoms with Gasteiger partial charge in [0.25, 0.3) is 17.7 Å². The van der Waals surface area contributed by atoms with Crippen LogP contribution in [0.25, 0.3) is 0 Å². The van der Waals surface area contributed by atoms with Gasteiger partial charge in [-0.2, -0.15) is 0 Å². The van der Waals surface area contributed by atoms with Gasteiger partial charge in [0.1, 0.15) is 0 Å². The minimum atomic E-state index is -0.349. The molecule has 156 valence electrons. The summed E-state index contributed by atoms with van der Waals surface area (Å²) in [6.45, 7) is 1.53. The highest BCUT2D eigenvalue weighted by Crippen LogP contribution is 2.30. The van der Waals surface area contributed by atoms with E-state index < -0.39 is 0 Å². The first-order valence-electron chi connectivity index (χ1n) is 10.3. The van der Waals surface area contributed by atoms with Crippen LogP contribution >= 0.6 is 11.3 Å². The van der Waals surface area contributed by atoms with E-state index in [4.69, 9.17) is 0 Å². The highest BCUT2D eigenvalue weighted by atomic mass is 32.1. The third-order valence-electron chi connectivity index (χ3n) is 5.91. The number of carbonyl (C=O) groups is 3. The molecule has 2 aliphatic heterocycles. The van der Waals surface area contributed by atoms with Crippen molar-refractivity contribution in [3.63, 3.8) is 0 Å². The molecular formula is C24H21N3O3S. The number of imide groups is 1. The van der Waals surface area contributed by atoms with E-state index in [0.717, 1.165) is 23.4 Å². The van der Waals surface area contributed by atoms with Gasteiger partial charge < -0.3 is 4.90 Å². The number of carbonyl (C=O) groups excluding carboxylic acids is 3. The van der Waals surface area contributed by atoms with E-state index in [0.29, 0.717) is 29.8 Å². The number of hydrogen-bond donors (Lipinski definition) is 0. The highest BCUT2D eigenvalue weighted by molar-refractivity contribution is 7.09. The van der Waals surface area contributed by atoms with Gasteiger partial charge in [-0.05, 0) is 36.6 Å². The van der Waals surface area contributed by atoms with Gasteiger partial charge in [0, 0.05) is 36.1 Å². The molecule has 3 aromatic rings. The Kier molecular flexibility index (Phi) is 5.11. The van der Waals surface area contributed by atoms with Crippen LogP contribution in [0.1, 0.15) is 60.4 Å². The quantitative estimate of drug-likeness (QED) is 0.587. The fraction of sp³-hybridized carbons (Fsp3) is 0.250. The summed E-state index contributed by atoms with van der Waals surface area (Å²) in [4.78, 5) is 46.4. The zero-order valence-electron chi connectivity index (χ0n) is 16.9. The van der Waals surface area contributed by atoms with E-state index >= 15 is 0 Å². The fourth-order valence-electron chi connectivity index (χ4n) is 4.32. The summed E-state index contributed by atoms with van der Waals surface area (Å²) >= 11 is 1.62. The molecule has 5 rings (SSSR count). The largest absolute Gasteiger partial charge is 0.338 e. The van der Waals surface area contributed by atoms with Crippen LogP contribution in [0.3, 0.4) is 0 Å². The van der Waals surface area contributed by atoms with Crippen molar-refractivity contribution >= 4 is 29.1 Å². The molecule has 0 bridgehead atoms. The molecule has 0 radical (unpaired) electrons. The van der Waals surface area contributed by atoms with Crippen LogP contribution in [-0.4, -0.2) is 45.6 Å². The van der Waals surface area contributed by atoms with Crippen molar-refractivity contribution in [1.29, 1.82) is 0 Å². The number of likely N-dealkylation sites (tertiary alicyclic amines) is 1. The van der Waals surface area contributed by atoms with Crippen molar-refractivity contribution in [1.82, 2.24) is 14.8 Å². The molecule has 1 saturated heterocycles. The molecule has 3 amide bonds. The number of benzene rings is 2. The van der Waals surface area contributed by atoms with Gasteiger partial charge in [-0.1, -0.05) is 30.3 Å². The molecule has 7 heteroatoms. The maximum atomic E-state index is 13.2. The predicted molar refractivity (Wildman–Crippen MR) is 117 cm³/mol. The number of hydrogen-bond acceptors (Lipinski definition) is 5. The van der Waals surface area contributed by atoms with Crippen molar-refractivity contribution in [2.24, 2.45) is 0 Å².